The summed E-state index contributed by atoms with van der Waals surface area (Å²) in [4.78, 5) is 40.6. The molecule has 3 amide bonds. The van der Waals surface area contributed by atoms with Crippen LogP contribution in [0.15, 0.2) is 54.6 Å². The van der Waals surface area contributed by atoms with Gasteiger partial charge in [0.15, 0.2) is 6.61 Å². The standard InChI is InChI=1S/C25H29N3O4/c29-23-10-5-13-28(23)17-19-6-4-7-21(16-19)26-25(31)20-11-14-27(15-12-20)24(30)18-32-22-8-2-1-3-9-22/h1-4,6-9,16,20H,5,10-15,17-18H2,(H,26,31). The van der Waals surface area contributed by atoms with E-state index in [-0.39, 0.29) is 30.2 Å². The first-order valence-electron chi connectivity index (χ1n) is 11.2. The smallest absolute Gasteiger partial charge is 0.260 e. The van der Waals surface area contributed by atoms with Crippen LogP contribution in [-0.2, 0) is 20.9 Å². The van der Waals surface area contributed by atoms with Crippen LogP contribution < -0.4 is 10.1 Å². The van der Waals surface area contributed by atoms with Crippen molar-refractivity contribution in [2.24, 2.45) is 5.92 Å². The molecule has 0 saturated carbocycles. The number of para-hydroxylation sites is 1. The molecule has 7 nitrogen and oxygen atoms in total. The molecule has 0 aromatic heterocycles. The van der Waals surface area contributed by atoms with Crippen molar-refractivity contribution in [1.29, 1.82) is 0 Å². The fourth-order valence-corrected chi connectivity index (χ4v) is 4.23. The van der Waals surface area contributed by atoms with Gasteiger partial charge in [-0.1, -0.05) is 30.3 Å². The third-order valence-corrected chi connectivity index (χ3v) is 6.06. The second-order valence-corrected chi connectivity index (χ2v) is 8.37. The topological polar surface area (TPSA) is 79.0 Å². The summed E-state index contributed by atoms with van der Waals surface area (Å²) in [6, 6.07) is 17.0. The van der Waals surface area contributed by atoms with Crippen molar-refractivity contribution in [2.45, 2.75) is 32.2 Å². The van der Waals surface area contributed by atoms with Crippen LogP contribution in [0.4, 0.5) is 5.69 Å². The molecule has 168 valence electrons. The number of ether oxygens (including phenoxy) is 1. The molecule has 0 unspecified atom stereocenters. The molecular formula is C25H29N3O4. The van der Waals surface area contributed by atoms with Crippen LogP contribution in [-0.4, -0.2) is 53.8 Å². The van der Waals surface area contributed by atoms with Gasteiger partial charge in [0.25, 0.3) is 5.91 Å². The monoisotopic (exact) mass is 435 g/mol. The van der Waals surface area contributed by atoms with E-state index in [4.69, 9.17) is 4.74 Å². The van der Waals surface area contributed by atoms with Crippen LogP contribution >= 0.6 is 0 Å². The Hall–Kier alpha value is -3.35. The lowest BCUT2D eigenvalue weighted by Gasteiger charge is -2.31. The molecule has 2 fully saturated rings. The van der Waals surface area contributed by atoms with E-state index < -0.39 is 0 Å². The maximum Gasteiger partial charge on any atom is 0.260 e. The Labute approximate surface area is 188 Å². The Morgan fingerprint density at radius 3 is 2.50 bits per heavy atom. The van der Waals surface area contributed by atoms with Crippen molar-refractivity contribution in [1.82, 2.24) is 9.80 Å². The Morgan fingerprint density at radius 2 is 1.78 bits per heavy atom. The molecule has 0 aliphatic carbocycles. The number of benzene rings is 2. The molecule has 1 N–H and O–H groups in total. The predicted octanol–water partition coefficient (Wildman–Crippen LogP) is 3.07. The van der Waals surface area contributed by atoms with E-state index in [0.29, 0.717) is 44.6 Å². The first-order chi connectivity index (χ1) is 15.6. The molecule has 0 spiro atoms. The van der Waals surface area contributed by atoms with Gasteiger partial charge in [-0.3, -0.25) is 14.4 Å². The minimum absolute atomic E-state index is 0.00713. The molecule has 0 atom stereocenters. The number of carbonyl (C=O) groups is 3. The van der Waals surface area contributed by atoms with Crippen molar-refractivity contribution >= 4 is 23.4 Å². The molecule has 0 bridgehead atoms. The molecule has 2 aromatic rings. The van der Waals surface area contributed by atoms with Crippen molar-refractivity contribution in [3.05, 3.63) is 60.2 Å². The lowest BCUT2D eigenvalue weighted by Crippen LogP contribution is -2.43. The number of hydrogen-bond donors (Lipinski definition) is 1. The number of amides is 3. The molecular weight excluding hydrogens is 406 g/mol. The minimum atomic E-state index is -0.127. The second-order valence-electron chi connectivity index (χ2n) is 8.37. The third kappa shape index (κ3) is 5.66. The average Bonchev–Trinajstić information content (AvgIpc) is 3.22. The third-order valence-electron chi connectivity index (χ3n) is 6.06. The van der Waals surface area contributed by atoms with Crippen molar-refractivity contribution in [3.63, 3.8) is 0 Å². The largest absolute Gasteiger partial charge is 0.484 e. The number of anilines is 1. The summed E-state index contributed by atoms with van der Waals surface area (Å²) in [5, 5.41) is 3.01. The highest BCUT2D eigenvalue weighted by Gasteiger charge is 2.27. The van der Waals surface area contributed by atoms with E-state index in [9.17, 15) is 14.4 Å². The maximum absolute atomic E-state index is 12.8. The quantitative estimate of drug-likeness (QED) is 0.725. The van der Waals surface area contributed by atoms with Gasteiger partial charge < -0.3 is 19.9 Å². The minimum Gasteiger partial charge on any atom is -0.484 e. The number of nitrogens with zero attached hydrogens (tertiary/aromatic N) is 2. The molecule has 32 heavy (non-hydrogen) atoms. The molecule has 0 radical (unpaired) electrons. The van der Waals surface area contributed by atoms with Gasteiger partial charge in [-0.05, 0) is 49.1 Å². The molecule has 2 aliphatic rings. The Morgan fingerprint density at radius 1 is 1.00 bits per heavy atom. The zero-order valence-electron chi connectivity index (χ0n) is 18.2. The van der Waals surface area contributed by atoms with Crippen molar-refractivity contribution in [2.75, 3.05) is 31.6 Å². The molecule has 2 heterocycles. The number of piperidine rings is 1. The van der Waals surface area contributed by atoms with E-state index in [1.54, 1.807) is 4.90 Å². The Bertz CT molecular complexity index is 955. The van der Waals surface area contributed by atoms with Crippen molar-refractivity contribution in [3.8, 4) is 5.75 Å². The van der Waals surface area contributed by atoms with Gasteiger partial charge in [0.2, 0.25) is 11.8 Å². The van der Waals surface area contributed by atoms with Crippen LogP contribution in [0, 0.1) is 5.92 Å². The molecule has 2 aliphatic heterocycles. The van der Waals surface area contributed by atoms with Crippen molar-refractivity contribution < 1.29 is 19.1 Å². The van der Waals surface area contributed by atoms with Gasteiger partial charge in [-0.25, -0.2) is 0 Å². The second kappa shape index (κ2) is 10.3. The fourth-order valence-electron chi connectivity index (χ4n) is 4.23. The van der Waals surface area contributed by atoms with Gasteiger partial charge >= 0.3 is 0 Å². The van der Waals surface area contributed by atoms with E-state index in [1.165, 1.54) is 0 Å². The van der Waals surface area contributed by atoms with Gasteiger partial charge in [-0.2, -0.15) is 0 Å². The lowest BCUT2D eigenvalue weighted by molar-refractivity contribution is -0.136. The molecule has 2 saturated heterocycles. The number of likely N-dealkylation sites (tertiary alicyclic amines) is 2. The maximum atomic E-state index is 12.8. The zero-order chi connectivity index (χ0) is 22.3. The predicted molar refractivity (Wildman–Crippen MR) is 121 cm³/mol. The number of carbonyl (C=O) groups excluding carboxylic acids is 3. The van der Waals surface area contributed by atoms with E-state index >= 15 is 0 Å². The van der Waals surface area contributed by atoms with E-state index in [0.717, 1.165) is 24.2 Å². The van der Waals surface area contributed by atoms with E-state index in [1.807, 2.05) is 59.5 Å². The summed E-state index contributed by atoms with van der Waals surface area (Å²) >= 11 is 0. The molecule has 7 heteroatoms. The highest BCUT2D eigenvalue weighted by atomic mass is 16.5. The van der Waals surface area contributed by atoms with Crippen LogP contribution in [0.5, 0.6) is 5.75 Å². The first kappa shape index (κ1) is 21.9. The van der Waals surface area contributed by atoms with Crippen LogP contribution in [0.25, 0.3) is 0 Å². The Kier molecular flexibility index (Phi) is 7.04. The highest BCUT2D eigenvalue weighted by molar-refractivity contribution is 5.93. The number of nitrogens with one attached hydrogen (secondary N) is 1. The van der Waals surface area contributed by atoms with Crippen LogP contribution in [0.2, 0.25) is 0 Å². The van der Waals surface area contributed by atoms with Gasteiger partial charge in [-0.15, -0.1) is 0 Å². The molecule has 2 aromatic carbocycles. The summed E-state index contributed by atoms with van der Waals surface area (Å²) in [5.41, 5.74) is 1.76. The normalized spacial score (nSPS) is 16.8. The average molecular weight is 436 g/mol. The summed E-state index contributed by atoms with van der Waals surface area (Å²) in [7, 11) is 0. The van der Waals surface area contributed by atoms with E-state index in [2.05, 4.69) is 5.32 Å². The van der Waals surface area contributed by atoms with Gasteiger partial charge in [0.1, 0.15) is 5.75 Å². The first-order valence-corrected chi connectivity index (χ1v) is 11.2. The van der Waals surface area contributed by atoms with Gasteiger partial charge in [0, 0.05) is 44.2 Å². The lowest BCUT2D eigenvalue weighted by atomic mass is 9.95. The zero-order valence-corrected chi connectivity index (χ0v) is 18.2. The SMILES string of the molecule is O=C(Nc1cccc(CN2CCCC2=O)c1)C1CCN(C(=O)COc2ccccc2)CC1. The van der Waals surface area contributed by atoms with Crippen LogP contribution in [0.1, 0.15) is 31.2 Å². The summed E-state index contributed by atoms with van der Waals surface area (Å²) < 4.78 is 5.54. The highest BCUT2D eigenvalue weighted by Crippen LogP contribution is 2.22. The Balaban J connectivity index is 1.23. The number of rotatable bonds is 7. The fraction of sp³-hybridized carbons (Fsp3) is 0.400. The summed E-state index contributed by atoms with van der Waals surface area (Å²) in [6.07, 6.45) is 2.79. The van der Waals surface area contributed by atoms with Gasteiger partial charge in [0.05, 0.1) is 0 Å². The summed E-state index contributed by atoms with van der Waals surface area (Å²) in [5.74, 6) is 0.656. The summed E-state index contributed by atoms with van der Waals surface area (Å²) in [6.45, 7) is 2.47. The van der Waals surface area contributed by atoms with Crippen LogP contribution in [0.3, 0.4) is 0 Å². The number of hydrogen-bond acceptors (Lipinski definition) is 4. The molecule has 4 rings (SSSR count).